The summed E-state index contributed by atoms with van der Waals surface area (Å²) in [6.07, 6.45) is 0.624. The molecule has 1 heterocycles. The van der Waals surface area contributed by atoms with Gasteiger partial charge in [-0.1, -0.05) is 0 Å². The minimum absolute atomic E-state index is 0.0814. The van der Waals surface area contributed by atoms with E-state index in [1.54, 1.807) is 6.07 Å². The van der Waals surface area contributed by atoms with Crippen LogP contribution in [0.15, 0.2) is 68.8 Å². The lowest BCUT2D eigenvalue weighted by Gasteiger charge is -2.19. The molecule has 1 amide bonds. The minimum Gasteiger partial charge on any atom is -0.508 e. The van der Waals surface area contributed by atoms with Gasteiger partial charge in [-0.2, -0.15) is 0 Å². The number of aliphatic imine (C=N–C) groups is 1. The fourth-order valence-electron chi connectivity index (χ4n) is 4.38. The number of rotatable bonds is 10. The molecule has 2 aromatic rings. The van der Waals surface area contributed by atoms with Gasteiger partial charge in [0.2, 0.25) is 0 Å². The lowest BCUT2D eigenvalue weighted by Crippen LogP contribution is -2.41. The van der Waals surface area contributed by atoms with E-state index >= 15 is 0 Å². The van der Waals surface area contributed by atoms with Crippen molar-refractivity contribution in [2.24, 2.45) is 16.5 Å². The van der Waals surface area contributed by atoms with Crippen LogP contribution in [0.5, 0.6) is 5.75 Å². The molecule has 2 aromatic carbocycles. The molecule has 0 saturated heterocycles. The second-order valence-electron chi connectivity index (χ2n) is 8.96. The standard InChI is InChI=1S/C28H25ClN4O7/c29-13-22(36)21(2-1-9-32-28(30)31)33-26(37)14-3-6-17(27(38)39)20(10-14)25-18-7-4-15(34)11-23(18)40-24-12-16(35)5-8-19(24)25/h3-8,10-12,21,34H,1-2,9,13H2,(H,33,37)(H,38,39)(H4,30,31,32). The number of aromatic hydroxyl groups is 1. The van der Waals surface area contributed by atoms with Crippen molar-refractivity contribution in [2.45, 2.75) is 18.9 Å². The summed E-state index contributed by atoms with van der Waals surface area (Å²) >= 11 is 5.75. The van der Waals surface area contributed by atoms with Crippen molar-refractivity contribution in [1.82, 2.24) is 5.32 Å². The summed E-state index contributed by atoms with van der Waals surface area (Å²) in [5.74, 6) is -2.63. The predicted molar refractivity (Wildman–Crippen MR) is 150 cm³/mol. The number of fused-ring (bicyclic) bond motifs is 2. The van der Waals surface area contributed by atoms with Crippen LogP contribution >= 0.6 is 11.6 Å². The number of phenolic OH excluding ortho intramolecular Hbond substituents is 1. The largest absolute Gasteiger partial charge is 0.508 e. The molecule has 1 aliphatic heterocycles. The van der Waals surface area contributed by atoms with Crippen LogP contribution in [-0.4, -0.2) is 52.3 Å². The van der Waals surface area contributed by atoms with E-state index < -0.39 is 23.7 Å². The van der Waals surface area contributed by atoms with Crippen LogP contribution in [0.1, 0.15) is 33.6 Å². The first-order valence-electron chi connectivity index (χ1n) is 12.1. The van der Waals surface area contributed by atoms with Crippen LogP contribution in [0.25, 0.3) is 33.4 Å². The first-order chi connectivity index (χ1) is 19.1. The van der Waals surface area contributed by atoms with E-state index in [0.717, 1.165) is 0 Å². The third-order valence-corrected chi connectivity index (χ3v) is 6.49. The van der Waals surface area contributed by atoms with Crippen LogP contribution in [-0.2, 0) is 4.79 Å². The monoisotopic (exact) mass is 564 g/mol. The second-order valence-corrected chi connectivity index (χ2v) is 9.22. The number of hydrogen-bond acceptors (Lipinski definition) is 7. The number of phenols is 1. The Morgan fingerprint density at radius 1 is 1.02 bits per heavy atom. The van der Waals surface area contributed by atoms with Gasteiger partial charge in [0, 0.05) is 40.8 Å². The van der Waals surface area contributed by atoms with E-state index in [1.807, 2.05) is 0 Å². The molecular weight excluding hydrogens is 540 g/mol. The molecule has 7 N–H and O–H groups in total. The number of alkyl halides is 1. The Balaban J connectivity index is 1.82. The van der Waals surface area contributed by atoms with Crippen molar-refractivity contribution in [3.63, 3.8) is 0 Å². The Morgan fingerprint density at radius 2 is 1.80 bits per heavy atom. The number of halogens is 1. The number of hydrogen-bond donors (Lipinski definition) is 5. The second kappa shape index (κ2) is 11.9. The Morgan fingerprint density at radius 3 is 2.50 bits per heavy atom. The van der Waals surface area contributed by atoms with E-state index in [4.69, 9.17) is 27.5 Å². The van der Waals surface area contributed by atoms with Gasteiger partial charge in [0.25, 0.3) is 5.91 Å². The number of amides is 1. The molecule has 0 saturated carbocycles. The summed E-state index contributed by atoms with van der Waals surface area (Å²) in [6.45, 7) is 0.252. The predicted octanol–water partition coefficient (Wildman–Crippen LogP) is 2.93. The Bertz CT molecular complexity index is 1680. The zero-order valence-electron chi connectivity index (χ0n) is 21.0. The summed E-state index contributed by atoms with van der Waals surface area (Å²) in [7, 11) is 0. The lowest BCUT2D eigenvalue weighted by molar-refractivity contribution is -0.118. The highest BCUT2D eigenvalue weighted by Gasteiger charge is 2.25. The number of aromatic carboxylic acids is 1. The third-order valence-electron chi connectivity index (χ3n) is 6.23. The van der Waals surface area contributed by atoms with Gasteiger partial charge in [0.05, 0.1) is 17.5 Å². The molecule has 0 spiro atoms. The molecule has 1 aliphatic carbocycles. The van der Waals surface area contributed by atoms with Crippen molar-refractivity contribution in [3.8, 4) is 28.2 Å². The summed E-state index contributed by atoms with van der Waals surface area (Å²) in [6, 6.07) is 11.5. The van der Waals surface area contributed by atoms with Gasteiger partial charge in [-0.3, -0.25) is 19.4 Å². The fraction of sp³-hybridized carbons (Fsp3) is 0.179. The van der Waals surface area contributed by atoms with E-state index in [-0.39, 0.29) is 64.0 Å². The number of carboxylic acids is 1. The van der Waals surface area contributed by atoms with Crippen molar-refractivity contribution in [3.05, 3.63) is 75.9 Å². The zero-order chi connectivity index (χ0) is 29.0. The highest BCUT2D eigenvalue weighted by Crippen LogP contribution is 2.42. The van der Waals surface area contributed by atoms with Gasteiger partial charge in [0.1, 0.15) is 17.1 Å². The number of Topliss-reactive ketones (excluding diaryl/α,β-unsaturated/α-hetero) is 1. The molecule has 2 aliphatic rings. The summed E-state index contributed by atoms with van der Waals surface area (Å²) < 4.78 is 5.84. The Kier molecular flexibility index (Phi) is 8.34. The van der Waals surface area contributed by atoms with E-state index in [0.29, 0.717) is 22.9 Å². The number of carbonyl (C=O) groups is 3. The number of nitrogens with zero attached hydrogens (tertiary/aromatic N) is 1. The number of carboxylic acid groups (broad SMARTS) is 1. The SMILES string of the molecule is NC(N)=NCCCC(NC(=O)c1ccc(C(=O)O)c(-c2c3ccc(=O)cc-3oc3cc(O)ccc23)c1)C(=O)CCl. The van der Waals surface area contributed by atoms with Gasteiger partial charge in [-0.15, -0.1) is 11.6 Å². The highest BCUT2D eigenvalue weighted by atomic mass is 35.5. The van der Waals surface area contributed by atoms with E-state index in [1.165, 1.54) is 48.5 Å². The van der Waals surface area contributed by atoms with Gasteiger partial charge in [0.15, 0.2) is 17.2 Å². The number of guanidine groups is 1. The number of nitrogens with two attached hydrogens (primary N) is 2. The van der Waals surface area contributed by atoms with Crippen LogP contribution in [0.4, 0.5) is 0 Å². The normalized spacial score (nSPS) is 11.7. The number of ketones is 1. The van der Waals surface area contributed by atoms with Crippen molar-refractivity contribution >= 4 is 46.2 Å². The molecule has 40 heavy (non-hydrogen) atoms. The fourth-order valence-corrected chi connectivity index (χ4v) is 4.57. The summed E-state index contributed by atoms with van der Waals surface area (Å²) in [4.78, 5) is 53.9. The van der Waals surface area contributed by atoms with E-state index in [9.17, 15) is 29.4 Å². The Labute approximate surface area is 232 Å². The zero-order valence-corrected chi connectivity index (χ0v) is 21.8. The molecule has 0 bridgehead atoms. The van der Waals surface area contributed by atoms with E-state index in [2.05, 4.69) is 10.3 Å². The average molecular weight is 565 g/mol. The van der Waals surface area contributed by atoms with Crippen LogP contribution < -0.4 is 22.2 Å². The van der Waals surface area contributed by atoms with Crippen molar-refractivity contribution in [2.75, 3.05) is 12.4 Å². The number of carbonyl (C=O) groups excluding carboxylic acids is 2. The molecule has 0 fully saturated rings. The molecule has 12 heteroatoms. The molecule has 0 aromatic heterocycles. The maximum absolute atomic E-state index is 13.3. The molecule has 1 unspecified atom stereocenters. The maximum Gasteiger partial charge on any atom is 0.336 e. The van der Waals surface area contributed by atoms with Crippen LogP contribution in [0, 0.1) is 0 Å². The number of benzene rings is 3. The minimum atomic E-state index is -1.25. The summed E-state index contributed by atoms with van der Waals surface area (Å²) in [5, 5.41) is 23.1. The van der Waals surface area contributed by atoms with Crippen LogP contribution in [0.2, 0.25) is 0 Å². The smallest absolute Gasteiger partial charge is 0.336 e. The quantitative estimate of drug-likeness (QED) is 0.0631. The Hall–Kier alpha value is -4.90. The van der Waals surface area contributed by atoms with Gasteiger partial charge >= 0.3 is 5.97 Å². The molecule has 206 valence electrons. The van der Waals surface area contributed by atoms with Gasteiger partial charge in [-0.05, 0) is 60.9 Å². The first kappa shape index (κ1) is 28.1. The number of nitrogens with one attached hydrogen (secondary N) is 1. The topological polar surface area (TPSA) is 198 Å². The van der Waals surface area contributed by atoms with Gasteiger partial charge in [-0.25, -0.2) is 4.79 Å². The average Bonchev–Trinajstić information content (AvgIpc) is 2.92. The summed E-state index contributed by atoms with van der Waals surface area (Å²) in [5.41, 5.74) is 11.5. The van der Waals surface area contributed by atoms with Crippen molar-refractivity contribution < 1.29 is 29.0 Å². The maximum atomic E-state index is 13.3. The molecule has 11 nitrogen and oxygen atoms in total. The molecular formula is C28H25ClN4O7. The lowest BCUT2D eigenvalue weighted by atomic mass is 9.89. The van der Waals surface area contributed by atoms with Gasteiger partial charge < -0.3 is 31.4 Å². The molecule has 0 radical (unpaired) electrons. The van der Waals surface area contributed by atoms with Crippen molar-refractivity contribution in [1.29, 1.82) is 0 Å². The highest BCUT2D eigenvalue weighted by molar-refractivity contribution is 6.28. The molecule has 4 rings (SSSR count). The molecule has 1 atom stereocenters. The third kappa shape index (κ3) is 6.05. The van der Waals surface area contributed by atoms with Crippen LogP contribution in [0.3, 0.4) is 0 Å². The first-order valence-corrected chi connectivity index (χ1v) is 12.6.